The molecule has 2 rings (SSSR count). The molecule has 0 aliphatic carbocycles. The highest BCUT2D eigenvalue weighted by atomic mass is 16.6. The van der Waals surface area contributed by atoms with Crippen LogP contribution in [-0.4, -0.2) is 17.0 Å². The van der Waals surface area contributed by atoms with E-state index in [1.165, 1.54) is 0 Å². The first-order valence-electron chi connectivity index (χ1n) is 4.63. The summed E-state index contributed by atoms with van der Waals surface area (Å²) in [5.41, 5.74) is 1.34. The second kappa shape index (κ2) is 3.19. The topological polar surface area (TPSA) is 41.8 Å². The molecule has 0 fully saturated rings. The van der Waals surface area contributed by atoms with E-state index in [1.54, 1.807) is 6.92 Å². The van der Waals surface area contributed by atoms with Gasteiger partial charge in [-0.15, -0.1) is 0 Å². The Bertz CT molecular complexity index is 361. The maximum Gasteiger partial charge on any atom is 0.234 e. The third-order valence-electron chi connectivity index (χ3n) is 2.37. The smallest absolute Gasteiger partial charge is 0.234 e. The third-order valence-corrected chi connectivity index (χ3v) is 2.37. The summed E-state index contributed by atoms with van der Waals surface area (Å²) < 4.78 is 5.40. The lowest BCUT2D eigenvalue weighted by Crippen LogP contribution is -2.33. The van der Waals surface area contributed by atoms with E-state index in [0.29, 0.717) is 5.71 Å². The molecule has 74 valence electrons. The standard InChI is InChI=1S/C11H13NO2/c1-8-11(13,14-9(2)12-8)10-6-4-3-5-7-10/h3-7,9,13H,1-2H3/t9-,11+/m1/s1. The molecule has 1 aliphatic rings. The van der Waals surface area contributed by atoms with Crippen molar-refractivity contribution in [3.05, 3.63) is 35.9 Å². The van der Waals surface area contributed by atoms with Crippen LogP contribution in [0.15, 0.2) is 35.3 Å². The summed E-state index contributed by atoms with van der Waals surface area (Å²) >= 11 is 0. The van der Waals surface area contributed by atoms with Crippen LogP contribution in [0.4, 0.5) is 0 Å². The molecule has 0 unspecified atom stereocenters. The van der Waals surface area contributed by atoms with E-state index in [1.807, 2.05) is 37.3 Å². The molecule has 0 saturated carbocycles. The van der Waals surface area contributed by atoms with Crippen LogP contribution in [0.5, 0.6) is 0 Å². The molecule has 1 aromatic rings. The second-order valence-corrected chi connectivity index (χ2v) is 3.44. The van der Waals surface area contributed by atoms with Crippen molar-refractivity contribution in [2.45, 2.75) is 25.9 Å². The minimum Gasteiger partial charge on any atom is -0.357 e. The number of rotatable bonds is 1. The summed E-state index contributed by atoms with van der Waals surface area (Å²) in [5, 5.41) is 10.2. The highest BCUT2D eigenvalue weighted by molar-refractivity contribution is 5.91. The van der Waals surface area contributed by atoms with Crippen LogP contribution in [0, 0.1) is 0 Å². The average molecular weight is 191 g/mol. The number of aliphatic hydroxyl groups is 1. The lowest BCUT2D eigenvalue weighted by molar-refractivity contribution is -0.166. The van der Waals surface area contributed by atoms with E-state index in [0.717, 1.165) is 5.56 Å². The highest BCUT2D eigenvalue weighted by Crippen LogP contribution is 2.31. The molecule has 3 heteroatoms. The fourth-order valence-electron chi connectivity index (χ4n) is 1.66. The van der Waals surface area contributed by atoms with Crippen LogP contribution >= 0.6 is 0 Å². The normalized spacial score (nSPS) is 31.6. The van der Waals surface area contributed by atoms with Crippen molar-refractivity contribution in [2.75, 3.05) is 0 Å². The highest BCUT2D eigenvalue weighted by Gasteiger charge is 2.40. The first kappa shape index (κ1) is 9.37. The van der Waals surface area contributed by atoms with Gasteiger partial charge in [0.15, 0.2) is 0 Å². The van der Waals surface area contributed by atoms with Crippen LogP contribution in [0.1, 0.15) is 19.4 Å². The quantitative estimate of drug-likeness (QED) is 0.733. The van der Waals surface area contributed by atoms with E-state index in [9.17, 15) is 5.11 Å². The van der Waals surface area contributed by atoms with Gasteiger partial charge < -0.3 is 9.84 Å². The molecule has 0 saturated heterocycles. The van der Waals surface area contributed by atoms with E-state index in [-0.39, 0.29) is 6.23 Å². The molecular formula is C11H13NO2. The molecule has 3 nitrogen and oxygen atoms in total. The Kier molecular flexibility index (Phi) is 2.13. The van der Waals surface area contributed by atoms with Gasteiger partial charge in [0.25, 0.3) is 0 Å². The van der Waals surface area contributed by atoms with Crippen molar-refractivity contribution in [3.8, 4) is 0 Å². The lowest BCUT2D eigenvalue weighted by Gasteiger charge is -2.23. The first-order valence-corrected chi connectivity index (χ1v) is 4.63. The van der Waals surface area contributed by atoms with Gasteiger partial charge >= 0.3 is 0 Å². The Hall–Kier alpha value is -1.19. The van der Waals surface area contributed by atoms with Gasteiger partial charge in [0.05, 0.1) is 5.71 Å². The number of hydrogen-bond acceptors (Lipinski definition) is 3. The lowest BCUT2D eigenvalue weighted by atomic mass is 10.0. The average Bonchev–Trinajstić information content (AvgIpc) is 2.43. The zero-order valence-electron chi connectivity index (χ0n) is 8.27. The minimum atomic E-state index is -1.33. The molecule has 1 aliphatic heterocycles. The molecule has 0 spiro atoms. The number of hydrogen-bond donors (Lipinski definition) is 1. The fraction of sp³-hybridized carbons (Fsp3) is 0.364. The Morgan fingerprint density at radius 2 is 2.00 bits per heavy atom. The molecule has 14 heavy (non-hydrogen) atoms. The minimum absolute atomic E-state index is 0.278. The largest absolute Gasteiger partial charge is 0.357 e. The van der Waals surface area contributed by atoms with Crippen LogP contribution in [0.25, 0.3) is 0 Å². The molecule has 0 aromatic heterocycles. The van der Waals surface area contributed by atoms with Crippen LogP contribution in [-0.2, 0) is 10.5 Å². The monoisotopic (exact) mass is 191 g/mol. The van der Waals surface area contributed by atoms with Crippen LogP contribution < -0.4 is 0 Å². The van der Waals surface area contributed by atoms with E-state index in [4.69, 9.17) is 4.74 Å². The van der Waals surface area contributed by atoms with E-state index >= 15 is 0 Å². The van der Waals surface area contributed by atoms with Crippen LogP contribution in [0.3, 0.4) is 0 Å². The zero-order chi connectivity index (χ0) is 10.2. The van der Waals surface area contributed by atoms with Crippen molar-refractivity contribution in [1.82, 2.24) is 0 Å². The van der Waals surface area contributed by atoms with Crippen molar-refractivity contribution in [2.24, 2.45) is 4.99 Å². The van der Waals surface area contributed by atoms with E-state index < -0.39 is 5.79 Å². The molecule has 1 heterocycles. The predicted molar refractivity (Wildman–Crippen MR) is 54.0 cm³/mol. The number of aliphatic imine (C=N–C) groups is 1. The zero-order valence-corrected chi connectivity index (χ0v) is 8.27. The molecule has 1 N–H and O–H groups in total. The Labute approximate surface area is 83.1 Å². The Morgan fingerprint density at radius 3 is 2.50 bits per heavy atom. The Morgan fingerprint density at radius 1 is 1.36 bits per heavy atom. The fourth-order valence-corrected chi connectivity index (χ4v) is 1.66. The van der Waals surface area contributed by atoms with Crippen molar-refractivity contribution < 1.29 is 9.84 Å². The van der Waals surface area contributed by atoms with Gasteiger partial charge in [-0.25, -0.2) is 0 Å². The summed E-state index contributed by atoms with van der Waals surface area (Å²) in [5.74, 6) is -1.33. The molecule has 0 bridgehead atoms. The molecule has 0 radical (unpaired) electrons. The van der Waals surface area contributed by atoms with Gasteiger partial charge in [0, 0.05) is 5.56 Å². The summed E-state index contributed by atoms with van der Waals surface area (Å²) in [7, 11) is 0. The molecular weight excluding hydrogens is 178 g/mol. The molecule has 1 aromatic carbocycles. The summed E-state index contributed by atoms with van der Waals surface area (Å²) in [6.45, 7) is 3.58. The number of benzene rings is 1. The van der Waals surface area contributed by atoms with Gasteiger partial charge in [-0.05, 0) is 13.8 Å². The number of nitrogens with zero attached hydrogens (tertiary/aromatic N) is 1. The van der Waals surface area contributed by atoms with Gasteiger partial charge in [0.2, 0.25) is 5.79 Å². The second-order valence-electron chi connectivity index (χ2n) is 3.44. The van der Waals surface area contributed by atoms with Gasteiger partial charge in [-0.3, -0.25) is 4.99 Å². The first-order chi connectivity index (χ1) is 6.63. The van der Waals surface area contributed by atoms with Gasteiger partial charge in [-0.1, -0.05) is 30.3 Å². The summed E-state index contributed by atoms with van der Waals surface area (Å²) in [6, 6.07) is 9.30. The van der Waals surface area contributed by atoms with Crippen molar-refractivity contribution in [3.63, 3.8) is 0 Å². The van der Waals surface area contributed by atoms with Gasteiger partial charge in [-0.2, -0.15) is 0 Å². The van der Waals surface area contributed by atoms with Crippen molar-refractivity contribution in [1.29, 1.82) is 0 Å². The van der Waals surface area contributed by atoms with Crippen molar-refractivity contribution >= 4 is 5.71 Å². The SMILES string of the molecule is CC1=N[C@@H](C)O[C@]1(O)c1ccccc1. The molecule has 2 atom stereocenters. The molecule has 0 amide bonds. The summed E-state index contributed by atoms with van der Waals surface area (Å²) in [6.07, 6.45) is -0.278. The van der Waals surface area contributed by atoms with Gasteiger partial charge in [0.1, 0.15) is 6.23 Å². The maximum absolute atomic E-state index is 10.2. The van der Waals surface area contributed by atoms with Crippen LogP contribution in [0.2, 0.25) is 0 Å². The Balaban J connectivity index is 2.40. The predicted octanol–water partition coefficient (Wildman–Crippen LogP) is 1.67. The van der Waals surface area contributed by atoms with E-state index in [2.05, 4.69) is 4.99 Å². The number of ether oxygens (including phenoxy) is 1. The maximum atomic E-state index is 10.2. The summed E-state index contributed by atoms with van der Waals surface area (Å²) in [4.78, 5) is 4.16. The third kappa shape index (κ3) is 1.35.